The van der Waals surface area contributed by atoms with E-state index in [2.05, 4.69) is 24.2 Å². The molecule has 3 aromatic rings. The summed E-state index contributed by atoms with van der Waals surface area (Å²) in [5.74, 6) is 1.52. The molecule has 0 atom stereocenters. The molecule has 130 valence electrons. The predicted octanol–water partition coefficient (Wildman–Crippen LogP) is 4.99. The summed E-state index contributed by atoms with van der Waals surface area (Å²) >= 11 is 5.94. The van der Waals surface area contributed by atoms with Crippen LogP contribution < -0.4 is 4.74 Å². The highest BCUT2D eigenvalue weighted by molar-refractivity contribution is 6.30. The van der Waals surface area contributed by atoms with Gasteiger partial charge in [-0.15, -0.1) is 0 Å². The van der Waals surface area contributed by atoms with Crippen LogP contribution in [0.1, 0.15) is 6.42 Å². The molecule has 4 nitrogen and oxygen atoms in total. The first-order valence-corrected chi connectivity index (χ1v) is 8.61. The van der Waals surface area contributed by atoms with Gasteiger partial charge in [-0.1, -0.05) is 28.9 Å². The fourth-order valence-electron chi connectivity index (χ4n) is 2.52. The summed E-state index contributed by atoms with van der Waals surface area (Å²) in [4.78, 5) is 2.14. The largest absolute Gasteiger partial charge is 0.493 e. The zero-order valence-corrected chi connectivity index (χ0v) is 15.2. The van der Waals surface area contributed by atoms with Gasteiger partial charge in [-0.25, -0.2) is 0 Å². The molecule has 5 heteroatoms. The quantitative estimate of drug-likeness (QED) is 0.559. The van der Waals surface area contributed by atoms with Crippen molar-refractivity contribution in [3.05, 3.63) is 59.6 Å². The Morgan fingerprint density at radius 1 is 1.08 bits per heavy atom. The van der Waals surface area contributed by atoms with Gasteiger partial charge in [0.25, 0.3) is 0 Å². The smallest absolute Gasteiger partial charge is 0.167 e. The molecule has 0 spiro atoms. The number of para-hydroxylation sites is 1. The Balaban J connectivity index is 1.77. The summed E-state index contributed by atoms with van der Waals surface area (Å²) in [5, 5.41) is 4.90. The summed E-state index contributed by atoms with van der Waals surface area (Å²) in [6.45, 7) is 1.66. The van der Waals surface area contributed by atoms with Gasteiger partial charge in [0.05, 0.1) is 6.61 Å². The Labute approximate surface area is 153 Å². The molecule has 0 fully saturated rings. The summed E-state index contributed by atoms with van der Waals surface area (Å²) in [6.07, 6.45) is 0.968. The summed E-state index contributed by atoms with van der Waals surface area (Å²) in [7, 11) is 4.11. The van der Waals surface area contributed by atoms with Crippen molar-refractivity contribution < 1.29 is 9.26 Å². The maximum absolute atomic E-state index is 5.95. The normalized spacial score (nSPS) is 11.0. The SMILES string of the molecule is CN(C)CCCOc1ccccc1-c1cc(-c2ccc(Cl)cc2)on1. The monoisotopic (exact) mass is 356 g/mol. The molecule has 0 radical (unpaired) electrons. The second-order valence-electron chi connectivity index (χ2n) is 6.08. The van der Waals surface area contributed by atoms with Gasteiger partial charge >= 0.3 is 0 Å². The van der Waals surface area contributed by atoms with Crippen molar-refractivity contribution in [2.24, 2.45) is 0 Å². The minimum absolute atomic E-state index is 0.664. The third kappa shape index (κ3) is 4.62. The van der Waals surface area contributed by atoms with Crippen LogP contribution in [0.2, 0.25) is 5.02 Å². The van der Waals surface area contributed by atoms with E-state index in [0.717, 1.165) is 35.5 Å². The van der Waals surface area contributed by atoms with E-state index < -0.39 is 0 Å². The lowest BCUT2D eigenvalue weighted by molar-refractivity contribution is 0.282. The van der Waals surface area contributed by atoms with Crippen molar-refractivity contribution in [2.45, 2.75) is 6.42 Å². The highest BCUT2D eigenvalue weighted by atomic mass is 35.5. The van der Waals surface area contributed by atoms with Crippen LogP contribution in [0, 0.1) is 0 Å². The van der Waals surface area contributed by atoms with Crippen molar-refractivity contribution in [2.75, 3.05) is 27.2 Å². The minimum Gasteiger partial charge on any atom is -0.493 e. The molecule has 3 rings (SSSR count). The Hall–Kier alpha value is -2.30. The molecule has 1 heterocycles. The molecule has 0 saturated heterocycles. The zero-order chi connectivity index (χ0) is 17.6. The molecule has 0 aliphatic carbocycles. The van der Waals surface area contributed by atoms with Gasteiger partial charge in [-0.3, -0.25) is 0 Å². The van der Waals surface area contributed by atoms with Crippen molar-refractivity contribution >= 4 is 11.6 Å². The van der Waals surface area contributed by atoms with Gasteiger partial charge in [0, 0.05) is 28.8 Å². The number of rotatable bonds is 7. The van der Waals surface area contributed by atoms with Crippen LogP contribution in [0.3, 0.4) is 0 Å². The topological polar surface area (TPSA) is 38.5 Å². The van der Waals surface area contributed by atoms with E-state index in [1.165, 1.54) is 0 Å². The number of ether oxygens (including phenoxy) is 1. The number of benzene rings is 2. The van der Waals surface area contributed by atoms with Crippen LogP contribution >= 0.6 is 11.6 Å². The van der Waals surface area contributed by atoms with E-state index in [-0.39, 0.29) is 0 Å². The zero-order valence-electron chi connectivity index (χ0n) is 14.4. The molecule has 1 aromatic heterocycles. The molecular formula is C20H21ClN2O2. The number of halogens is 1. The Morgan fingerprint density at radius 2 is 1.84 bits per heavy atom. The fraction of sp³-hybridized carbons (Fsp3) is 0.250. The first kappa shape index (κ1) is 17.5. The highest BCUT2D eigenvalue weighted by Crippen LogP contribution is 2.32. The first-order chi connectivity index (χ1) is 12.1. The van der Waals surface area contributed by atoms with E-state index in [9.17, 15) is 0 Å². The molecule has 0 N–H and O–H groups in total. The van der Waals surface area contributed by atoms with Crippen molar-refractivity contribution in [3.8, 4) is 28.3 Å². The molecule has 0 unspecified atom stereocenters. The standard InChI is InChI=1S/C20H21ClN2O2/c1-23(2)12-5-13-24-19-7-4-3-6-17(19)18-14-20(25-22-18)15-8-10-16(21)11-9-15/h3-4,6-11,14H,5,12-13H2,1-2H3. The Morgan fingerprint density at radius 3 is 2.60 bits per heavy atom. The van der Waals surface area contributed by atoms with E-state index in [4.69, 9.17) is 20.9 Å². The second-order valence-corrected chi connectivity index (χ2v) is 6.52. The van der Waals surface area contributed by atoms with Crippen molar-refractivity contribution in [1.82, 2.24) is 10.1 Å². The van der Waals surface area contributed by atoms with E-state index in [1.54, 1.807) is 0 Å². The highest BCUT2D eigenvalue weighted by Gasteiger charge is 2.12. The number of aromatic nitrogens is 1. The fourth-order valence-corrected chi connectivity index (χ4v) is 2.65. The first-order valence-electron chi connectivity index (χ1n) is 8.23. The Bertz CT molecular complexity index is 813. The molecule has 2 aromatic carbocycles. The number of hydrogen-bond donors (Lipinski definition) is 0. The van der Waals surface area contributed by atoms with E-state index in [1.807, 2.05) is 54.6 Å². The number of nitrogens with zero attached hydrogens (tertiary/aromatic N) is 2. The minimum atomic E-state index is 0.664. The van der Waals surface area contributed by atoms with Crippen LogP contribution in [0.5, 0.6) is 5.75 Å². The van der Waals surface area contributed by atoms with Gasteiger partial charge in [0.1, 0.15) is 11.4 Å². The molecule has 0 aliphatic rings. The average molecular weight is 357 g/mol. The second kappa shape index (κ2) is 8.19. The van der Waals surface area contributed by atoms with Crippen LogP contribution in [-0.2, 0) is 0 Å². The molecular weight excluding hydrogens is 336 g/mol. The lowest BCUT2D eigenvalue weighted by Gasteiger charge is -2.12. The van der Waals surface area contributed by atoms with E-state index >= 15 is 0 Å². The van der Waals surface area contributed by atoms with Gasteiger partial charge in [-0.05, 0) is 56.9 Å². The molecule has 0 aliphatic heterocycles. The van der Waals surface area contributed by atoms with Crippen molar-refractivity contribution in [1.29, 1.82) is 0 Å². The van der Waals surface area contributed by atoms with Crippen LogP contribution in [0.4, 0.5) is 0 Å². The molecule has 0 amide bonds. The molecule has 25 heavy (non-hydrogen) atoms. The molecule has 0 saturated carbocycles. The maximum atomic E-state index is 5.95. The lowest BCUT2D eigenvalue weighted by atomic mass is 10.1. The third-order valence-corrected chi connectivity index (χ3v) is 4.06. The van der Waals surface area contributed by atoms with Crippen molar-refractivity contribution in [3.63, 3.8) is 0 Å². The van der Waals surface area contributed by atoms with Crippen LogP contribution in [0.25, 0.3) is 22.6 Å². The van der Waals surface area contributed by atoms with Gasteiger partial charge < -0.3 is 14.2 Å². The van der Waals surface area contributed by atoms with Gasteiger partial charge in [0.2, 0.25) is 0 Å². The molecule has 0 bridgehead atoms. The van der Waals surface area contributed by atoms with E-state index in [0.29, 0.717) is 17.4 Å². The van der Waals surface area contributed by atoms with Gasteiger partial charge in [0.15, 0.2) is 5.76 Å². The average Bonchev–Trinajstić information content (AvgIpc) is 3.09. The Kier molecular flexibility index (Phi) is 5.74. The predicted molar refractivity (Wildman–Crippen MR) is 101 cm³/mol. The third-order valence-electron chi connectivity index (χ3n) is 3.81. The van der Waals surface area contributed by atoms with Crippen LogP contribution in [-0.4, -0.2) is 37.3 Å². The van der Waals surface area contributed by atoms with Crippen LogP contribution in [0.15, 0.2) is 59.1 Å². The summed E-state index contributed by atoms with van der Waals surface area (Å²) < 4.78 is 11.4. The lowest BCUT2D eigenvalue weighted by Crippen LogP contribution is -2.15. The number of hydrogen-bond acceptors (Lipinski definition) is 4. The summed E-state index contributed by atoms with van der Waals surface area (Å²) in [5.41, 5.74) is 2.62. The maximum Gasteiger partial charge on any atom is 0.167 e. The summed E-state index contributed by atoms with van der Waals surface area (Å²) in [6, 6.07) is 17.3. The van der Waals surface area contributed by atoms with Gasteiger partial charge in [-0.2, -0.15) is 0 Å².